The van der Waals surface area contributed by atoms with Crippen LogP contribution in [0.1, 0.15) is 13.3 Å². The Morgan fingerprint density at radius 2 is 2.06 bits per heavy atom. The molecule has 0 spiro atoms. The highest BCUT2D eigenvalue weighted by Gasteiger charge is 2.14. The third-order valence-electron chi connectivity index (χ3n) is 2.15. The molecule has 0 aliphatic heterocycles. The Kier molecular flexibility index (Phi) is 4.14. The normalized spacial score (nSPS) is 11.4. The fourth-order valence-electron chi connectivity index (χ4n) is 1.28. The van der Waals surface area contributed by atoms with E-state index in [2.05, 4.69) is 17.0 Å². The Labute approximate surface area is 96.1 Å². The first kappa shape index (κ1) is 12.8. The van der Waals surface area contributed by atoms with Crippen LogP contribution in [0.25, 0.3) is 0 Å². The monoisotopic (exact) mass is 243 g/mol. The van der Waals surface area contributed by atoms with Crippen molar-refractivity contribution in [3.8, 4) is 0 Å². The second-order valence-electron chi connectivity index (χ2n) is 3.39. The van der Waals surface area contributed by atoms with Gasteiger partial charge in [0.2, 0.25) is 10.0 Å². The Balaban J connectivity index is 3.01. The molecule has 0 saturated carbocycles. The van der Waals surface area contributed by atoms with Gasteiger partial charge in [0.25, 0.3) is 0 Å². The van der Waals surface area contributed by atoms with Gasteiger partial charge in [0.1, 0.15) is 4.90 Å². The fraction of sp³-hybridized carbons (Fsp3) is 0.400. The summed E-state index contributed by atoms with van der Waals surface area (Å²) in [7, 11) is -2.11. The molecule has 0 aliphatic carbocycles. The average molecular weight is 243 g/mol. The lowest BCUT2D eigenvalue weighted by atomic mass is 10.3. The van der Waals surface area contributed by atoms with Crippen molar-refractivity contribution in [2.24, 2.45) is 0 Å². The van der Waals surface area contributed by atoms with E-state index in [0.717, 1.165) is 18.7 Å². The minimum atomic E-state index is -3.47. The predicted octanol–water partition coefficient (Wildman–Crippen LogP) is 0.999. The lowest BCUT2D eigenvalue weighted by Gasteiger charge is -2.09. The van der Waals surface area contributed by atoms with Crippen LogP contribution in [0.4, 0.5) is 11.4 Å². The lowest BCUT2D eigenvalue weighted by molar-refractivity contribution is 0.588. The maximum Gasteiger partial charge on any atom is 0.242 e. The summed E-state index contributed by atoms with van der Waals surface area (Å²) in [5, 5.41) is 3.14. The molecule has 0 amide bonds. The Bertz CT molecular complexity index is 457. The summed E-state index contributed by atoms with van der Waals surface area (Å²) >= 11 is 0. The van der Waals surface area contributed by atoms with Gasteiger partial charge in [-0.2, -0.15) is 0 Å². The molecule has 0 heterocycles. The van der Waals surface area contributed by atoms with Crippen molar-refractivity contribution in [2.45, 2.75) is 18.2 Å². The first-order valence-corrected chi connectivity index (χ1v) is 6.56. The van der Waals surface area contributed by atoms with E-state index in [1.165, 1.54) is 13.1 Å². The van der Waals surface area contributed by atoms with Crippen molar-refractivity contribution >= 4 is 21.4 Å². The van der Waals surface area contributed by atoms with Gasteiger partial charge in [-0.1, -0.05) is 6.92 Å². The van der Waals surface area contributed by atoms with Gasteiger partial charge in [-0.15, -0.1) is 0 Å². The fourth-order valence-corrected chi connectivity index (χ4v) is 2.12. The lowest BCUT2D eigenvalue weighted by Crippen LogP contribution is -2.20. The first-order chi connectivity index (χ1) is 7.51. The molecule has 0 saturated heterocycles. The van der Waals surface area contributed by atoms with Crippen LogP contribution in [0.2, 0.25) is 0 Å². The molecule has 0 atom stereocenters. The molecular weight excluding hydrogens is 226 g/mol. The van der Waals surface area contributed by atoms with Gasteiger partial charge in [-0.3, -0.25) is 0 Å². The molecule has 0 aromatic heterocycles. The summed E-state index contributed by atoms with van der Waals surface area (Å²) < 4.78 is 25.3. The van der Waals surface area contributed by atoms with Crippen LogP contribution in [0, 0.1) is 0 Å². The number of hydrogen-bond donors (Lipinski definition) is 3. The van der Waals surface area contributed by atoms with Gasteiger partial charge in [0.05, 0.1) is 5.69 Å². The molecule has 0 unspecified atom stereocenters. The SMILES string of the molecule is CCCNc1ccc(S(=O)(=O)NC)c(N)c1. The van der Waals surface area contributed by atoms with Crippen molar-refractivity contribution in [1.82, 2.24) is 4.72 Å². The zero-order valence-corrected chi connectivity index (χ0v) is 10.3. The third-order valence-corrected chi connectivity index (χ3v) is 3.64. The standard InChI is InChI=1S/C10H17N3O2S/c1-3-6-13-8-4-5-10(9(11)7-8)16(14,15)12-2/h4-5,7,12-13H,3,6,11H2,1-2H3. The van der Waals surface area contributed by atoms with Crippen molar-refractivity contribution in [1.29, 1.82) is 0 Å². The molecule has 1 aromatic carbocycles. The number of nitrogens with two attached hydrogens (primary N) is 1. The largest absolute Gasteiger partial charge is 0.398 e. The van der Waals surface area contributed by atoms with Gasteiger partial charge < -0.3 is 11.1 Å². The molecule has 90 valence electrons. The van der Waals surface area contributed by atoms with Crippen molar-refractivity contribution in [3.63, 3.8) is 0 Å². The highest BCUT2D eigenvalue weighted by atomic mass is 32.2. The van der Waals surface area contributed by atoms with Crippen molar-refractivity contribution in [3.05, 3.63) is 18.2 Å². The second kappa shape index (κ2) is 5.18. The molecule has 1 rings (SSSR count). The smallest absolute Gasteiger partial charge is 0.242 e. The van der Waals surface area contributed by atoms with Crippen molar-refractivity contribution < 1.29 is 8.42 Å². The average Bonchev–Trinajstić information content (AvgIpc) is 2.26. The Morgan fingerprint density at radius 1 is 1.38 bits per heavy atom. The topological polar surface area (TPSA) is 84.2 Å². The molecule has 16 heavy (non-hydrogen) atoms. The summed E-state index contributed by atoms with van der Waals surface area (Å²) in [5.41, 5.74) is 6.77. The summed E-state index contributed by atoms with van der Waals surface area (Å²) in [6, 6.07) is 4.83. The van der Waals surface area contributed by atoms with E-state index in [1.807, 2.05) is 0 Å². The molecule has 0 fully saturated rings. The minimum absolute atomic E-state index is 0.108. The van der Waals surface area contributed by atoms with Gasteiger partial charge in [0, 0.05) is 12.2 Å². The van der Waals surface area contributed by atoms with Crippen LogP contribution in [0.5, 0.6) is 0 Å². The number of anilines is 2. The van der Waals surface area contributed by atoms with Gasteiger partial charge in [-0.05, 0) is 31.7 Å². The van der Waals surface area contributed by atoms with Crippen LogP contribution in [0.3, 0.4) is 0 Å². The molecule has 4 N–H and O–H groups in total. The van der Waals surface area contributed by atoms with E-state index < -0.39 is 10.0 Å². The quantitative estimate of drug-likeness (QED) is 0.674. The minimum Gasteiger partial charge on any atom is -0.398 e. The molecule has 1 aromatic rings. The van der Waals surface area contributed by atoms with Crippen LogP contribution < -0.4 is 15.8 Å². The number of sulfonamides is 1. The highest BCUT2D eigenvalue weighted by Crippen LogP contribution is 2.22. The van der Waals surface area contributed by atoms with Gasteiger partial charge in [0.15, 0.2) is 0 Å². The third kappa shape index (κ3) is 2.86. The summed E-state index contributed by atoms with van der Waals surface area (Å²) in [6.45, 7) is 2.88. The second-order valence-corrected chi connectivity index (χ2v) is 5.24. The maximum absolute atomic E-state index is 11.5. The summed E-state index contributed by atoms with van der Waals surface area (Å²) in [6.07, 6.45) is 0.996. The molecule has 0 radical (unpaired) electrons. The molecule has 6 heteroatoms. The number of nitrogen functional groups attached to an aromatic ring is 1. The van der Waals surface area contributed by atoms with Crippen molar-refractivity contribution in [2.75, 3.05) is 24.6 Å². The van der Waals surface area contributed by atoms with Crippen LogP contribution in [-0.2, 0) is 10.0 Å². The first-order valence-electron chi connectivity index (χ1n) is 5.08. The molecular formula is C10H17N3O2S. The number of nitrogens with one attached hydrogen (secondary N) is 2. The number of benzene rings is 1. The van der Waals surface area contributed by atoms with E-state index in [-0.39, 0.29) is 10.6 Å². The van der Waals surface area contributed by atoms with Crippen LogP contribution in [0.15, 0.2) is 23.1 Å². The van der Waals surface area contributed by atoms with Crippen LogP contribution >= 0.6 is 0 Å². The number of rotatable bonds is 5. The zero-order valence-electron chi connectivity index (χ0n) is 9.45. The van der Waals surface area contributed by atoms with E-state index >= 15 is 0 Å². The van der Waals surface area contributed by atoms with E-state index in [1.54, 1.807) is 12.1 Å². The summed E-state index contributed by atoms with van der Waals surface area (Å²) in [4.78, 5) is 0.108. The summed E-state index contributed by atoms with van der Waals surface area (Å²) in [5.74, 6) is 0. The Hall–Kier alpha value is -1.27. The zero-order chi connectivity index (χ0) is 12.2. The van der Waals surface area contributed by atoms with Gasteiger partial charge >= 0.3 is 0 Å². The molecule has 0 bridgehead atoms. The highest BCUT2D eigenvalue weighted by molar-refractivity contribution is 7.89. The van der Waals surface area contributed by atoms with E-state index in [9.17, 15) is 8.42 Å². The maximum atomic E-state index is 11.5. The van der Waals surface area contributed by atoms with Gasteiger partial charge in [-0.25, -0.2) is 13.1 Å². The molecule has 5 nitrogen and oxygen atoms in total. The van der Waals surface area contributed by atoms with E-state index in [0.29, 0.717) is 0 Å². The predicted molar refractivity (Wildman–Crippen MR) is 65.9 cm³/mol. The molecule has 0 aliphatic rings. The number of hydrogen-bond acceptors (Lipinski definition) is 4. The Morgan fingerprint density at radius 3 is 2.56 bits per heavy atom. The van der Waals surface area contributed by atoms with E-state index in [4.69, 9.17) is 5.73 Å². The van der Waals surface area contributed by atoms with Crippen LogP contribution in [-0.4, -0.2) is 22.0 Å².